The van der Waals surface area contributed by atoms with Crippen molar-refractivity contribution in [3.05, 3.63) is 60.2 Å². The number of benzene rings is 3. The predicted molar refractivity (Wildman–Crippen MR) is 123 cm³/mol. The minimum atomic E-state index is -4.36. The highest BCUT2D eigenvalue weighted by atomic mass is 32.2. The van der Waals surface area contributed by atoms with E-state index in [9.17, 15) is 13.0 Å². The first kappa shape index (κ1) is 19.1. The van der Waals surface area contributed by atoms with Crippen molar-refractivity contribution in [2.75, 3.05) is 5.73 Å². The molecule has 0 aliphatic rings. The highest BCUT2D eigenvalue weighted by Gasteiger charge is 2.22. The van der Waals surface area contributed by atoms with E-state index in [2.05, 4.69) is 4.98 Å². The van der Waals surface area contributed by atoms with Crippen LogP contribution >= 0.6 is 22.7 Å². The maximum Gasteiger partial charge on any atom is 0.296 e. The smallest absolute Gasteiger partial charge is 0.296 e. The van der Waals surface area contributed by atoms with Crippen LogP contribution in [0.15, 0.2) is 59.5 Å². The van der Waals surface area contributed by atoms with E-state index in [-0.39, 0.29) is 4.90 Å². The summed E-state index contributed by atoms with van der Waals surface area (Å²) in [5.74, 6) is 0. The van der Waals surface area contributed by atoms with Crippen LogP contribution in [0.2, 0.25) is 0 Å². The number of nitrogens with two attached hydrogens (primary N) is 1. The quantitative estimate of drug-likeness (QED) is 0.281. The van der Waals surface area contributed by atoms with E-state index in [1.165, 1.54) is 11.3 Å². The van der Waals surface area contributed by atoms with Crippen molar-refractivity contribution in [3.63, 3.8) is 0 Å². The molecule has 0 aliphatic heterocycles. The van der Waals surface area contributed by atoms with E-state index in [1.807, 2.05) is 42.5 Å². The van der Waals surface area contributed by atoms with E-state index in [1.54, 1.807) is 30.4 Å². The molecule has 2 aromatic heterocycles. The van der Waals surface area contributed by atoms with Crippen LogP contribution < -0.4 is 5.73 Å². The highest BCUT2D eigenvalue weighted by Crippen LogP contribution is 2.40. The summed E-state index contributed by atoms with van der Waals surface area (Å²) >= 11 is 2.81. The lowest BCUT2D eigenvalue weighted by Crippen LogP contribution is -2.00. The highest BCUT2D eigenvalue weighted by molar-refractivity contribution is 7.86. The lowest BCUT2D eigenvalue weighted by atomic mass is 10.2. The molecule has 30 heavy (non-hydrogen) atoms. The first-order valence-electron chi connectivity index (χ1n) is 8.95. The number of hydrogen-bond donors (Lipinski definition) is 2. The number of aromatic nitrogens is 2. The summed E-state index contributed by atoms with van der Waals surface area (Å²) < 4.78 is 35.0. The lowest BCUT2D eigenvalue weighted by Gasteiger charge is -2.02. The zero-order valence-corrected chi connectivity index (χ0v) is 18.1. The zero-order chi connectivity index (χ0) is 21.0. The summed E-state index contributed by atoms with van der Waals surface area (Å²) in [5.41, 5.74) is 10.1. The van der Waals surface area contributed by atoms with Gasteiger partial charge < -0.3 is 5.73 Å². The van der Waals surface area contributed by atoms with Gasteiger partial charge in [-0.3, -0.25) is 4.55 Å². The van der Waals surface area contributed by atoms with Crippen LogP contribution in [-0.4, -0.2) is 22.9 Å². The van der Waals surface area contributed by atoms with E-state index in [0.717, 1.165) is 26.4 Å². The van der Waals surface area contributed by atoms with Crippen molar-refractivity contribution in [2.24, 2.45) is 0 Å². The van der Waals surface area contributed by atoms with Crippen molar-refractivity contribution < 1.29 is 13.0 Å². The maximum absolute atomic E-state index is 11.9. The average molecular weight is 454 g/mol. The third-order valence-electron chi connectivity index (χ3n) is 4.77. The third-order valence-corrected chi connectivity index (χ3v) is 8.14. The molecule has 6 nitrogen and oxygen atoms in total. The summed E-state index contributed by atoms with van der Waals surface area (Å²) in [6.07, 6.45) is 0. The summed E-state index contributed by atoms with van der Waals surface area (Å²) in [6.45, 7) is 1.65. The van der Waals surface area contributed by atoms with Crippen molar-refractivity contribution in [1.82, 2.24) is 9.97 Å². The summed E-state index contributed by atoms with van der Waals surface area (Å²) in [5, 5.41) is 1.52. The Morgan fingerprint density at radius 2 is 1.70 bits per heavy atom. The van der Waals surface area contributed by atoms with E-state index < -0.39 is 10.1 Å². The molecule has 3 aromatic carbocycles. The number of para-hydroxylation sites is 1. The van der Waals surface area contributed by atoms with Gasteiger partial charge in [0.05, 0.1) is 20.4 Å². The topological polar surface area (TPSA) is 106 Å². The minimum absolute atomic E-state index is 0.0863. The van der Waals surface area contributed by atoms with Crippen molar-refractivity contribution >= 4 is 58.9 Å². The molecular weight excluding hydrogens is 438 g/mol. The first-order chi connectivity index (χ1) is 14.3. The maximum atomic E-state index is 11.9. The van der Waals surface area contributed by atoms with Gasteiger partial charge in [-0.15, -0.1) is 22.7 Å². The predicted octanol–water partition coefficient (Wildman–Crippen LogP) is 5.38. The van der Waals surface area contributed by atoms with Crippen LogP contribution in [0, 0.1) is 6.92 Å². The second kappa shape index (κ2) is 6.85. The number of aryl methyl sites for hydroxylation is 1. The Bertz CT molecular complexity index is 1530. The summed E-state index contributed by atoms with van der Waals surface area (Å²) in [4.78, 5) is 9.37. The van der Waals surface area contributed by atoms with E-state index in [0.29, 0.717) is 26.5 Å². The molecule has 0 radical (unpaired) electrons. The van der Waals surface area contributed by atoms with Crippen LogP contribution in [0.3, 0.4) is 0 Å². The van der Waals surface area contributed by atoms with Gasteiger partial charge in [-0.05, 0) is 55.0 Å². The van der Waals surface area contributed by atoms with Crippen LogP contribution in [0.1, 0.15) is 5.56 Å². The second-order valence-corrected chi connectivity index (χ2v) is 10.2. The molecule has 0 aliphatic carbocycles. The average Bonchev–Trinajstić information content (AvgIpc) is 3.31. The Hall–Kier alpha value is -2.85. The Labute approximate surface area is 180 Å². The fourth-order valence-electron chi connectivity index (χ4n) is 3.37. The number of anilines is 1. The number of rotatable bonds is 3. The molecule has 0 saturated heterocycles. The van der Waals surface area contributed by atoms with E-state index >= 15 is 0 Å². The molecule has 0 saturated carbocycles. The fraction of sp³-hybridized carbons (Fsp3) is 0.0476. The SMILES string of the molecule is Cc1ccc2nc(-c3cccc4sc(-c5ccc(N)cc5)nc34)sc2c1S(=O)(=O)O. The molecular formula is C21H15N3O3S3. The van der Waals surface area contributed by atoms with Gasteiger partial charge in [-0.2, -0.15) is 8.42 Å². The minimum Gasteiger partial charge on any atom is -0.399 e. The number of nitrogen functional groups attached to an aromatic ring is 1. The van der Waals surface area contributed by atoms with Gasteiger partial charge >= 0.3 is 0 Å². The fourth-order valence-corrected chi connectivity index (χ4v) is 6.71. The number of nitrogens with zero attached hydrogens (tertiary/aromatic N) is 2. The number of hydrogen-bond acceptors (Lipinski definition) is 7. The third kappa shape index (κ3) is 3.16. The molecule has 3 N–H and O–H groups in total. The van der Waals surface area contributed by atoms with Crippen LogP contribution in [-0.2, 0) is 10.1 Å². The monoisotopic (exact) mass is 453 g/mol. The largest absolute Gasteiger partial charge is 0.399 e. The summed E-state index contributed by atoms with van der Waals surface area (Å²) in [7, 11) is -4.36. The van der Waals surface area contributed by atoms with Gasteiger partial charge in [0.25, 0.3) is 10.1 Å². The zero-order valence-electron chi connectivity index (χ0n) is 15.7. The van der Waals surface area contributed by atoms with Gasteiger partial charge in [-0.1, -0.05) is 12.1 Å². The van der Waals surface area contributed by atoms with Gasteiger partial charge in [0.1, 0.15) is 14.9 Å². The molecule has 0 bridgehead atoms. The van der Waals surface area contributed by atoms with E-state index in [4.69, 9.17) is 10.7 Å². The normalized spacial score (nSPS) is 12.1. The van der Waals surface area contributed by atoms with Crippen LogP contribution in [0.4, 0.5) is 5.69 Å². The van der Waals surface area contributed by atoms with Crippen molar-refractivity contribution in [3.8, 4) is 21.1 Å². The van der Waals surface area contributed by atoms with Crippen molar-refractivity contribution in [1.29, 1.82) is 0 Å². The van der Waals surface area contributed by atoms with Crippen LogP contribution in [0.25, 0.3) is 41.6 Å². The van der Waals surface area contributed by atoms with Gasteiger partial charge in [0.2, 0.25) is 0 Å². The molecule has 5 aromatic rings. The standard InChI is InChI=1S/C21H15N3O3S3/c1-11-5-10-15-18(19(11)30(25,26)27)29-21(23-15)14-3-2-4-16-17(14)24-20(28-16)12-6-8-13(22)9-7-12/h2-10H,22H2,1H3,(H,25,26,27). The molecule has 9 heteroatoms. The molecule has 2 heterocycles. The van der Waals surface area contributed by atoms with Gasteiger partial charge in [0.15, 0.2) is 0 Å². The Morgan fingerprint density at radius 3 is 2.43 bits per heavy atom. The first-order valence-corrected chi connectivity index (χ1v) is 12.0. The molecule has 0 fully saturated rings. The molecule has 0 amide bonds. The molecule has 150 valence electrons. The Morgan fingerprint density at radius 1 is 0.933 bits per heavy atom. The second-order valence-electron chi connectivity index (χ2n) is 6.85. The molecule has 5 rings (SSSR count). The Kier molecular flexibility index (Phi) is 4.37. The van der Waals surface area contributed by atoms with Crippen LogP contribution in [0.5, 0.6) is 0 Å². The van der Waals surface area contributed by atoms with Crippen molar-refractivity contribution in [2.45, 2.75) is 11.8 Å². The molecule has 0 spiro atoms. The Balaban J connectivity index is 1.72. The van der Waals surface area contributed by atoms with Gasteiger partial charge in [0, 0.05) is 16.8 Å². The number of fused-ring (bicyclic) bond motifs is 2. The lowest BCUT2D eigenvalue weighted by molar-refractivity contribution is 0.484. The molecule has 0 atom stereocenters. The van der Waals surface area contributed by atoms with Gasteiger partial charge in [-0.25, -0.2) is 9.97 Å². The number of thiazole rings is 2. The molecule has 0 unspecified atom stereocenters. The summed E-state index contributed by atoms with van der Waals surface area (Å²) in [6, 6.07) is 16.8.